The van der Waals surface area contributed by atoms with Crippen molar-refractivity contribution in [2.75, 3.05) is 0 Å². The minimum atomic E-state index is 0.804. The minimum Gasteiger partial charge on any atom is -0.0820 e. The first-order valence-electron chi connectivity index (χ1n) is 4.90. The Balaban J connectivity index is 2.06. The molecule has 2 fully saturated rings. The van der Waals surface area contributed by atoms with Gasteiger partial charge in [-0.2, -0.15) is 0 Å². The van der Waals surface area contributed by atoms with E-state index < -0.39 is 0 Å². The lowest BCUT2D eigenvalue weighted by Crippen LogP contribution is -2.49. The third-order valence-electron chi connectivity index (χ3n) is 3.95. The van der Waals surface area contributed by atoms with Crippen molar-refractivity contribution >= 4 is 22.6 Å². The number of alkyl halides is 1. The van der Waals surface area contributed by atoms with E-state index in [9.17, 15) is 0 Å². The molecular formula is C10H17I. The standard InChI is InChI=1S/C10H17I/c1-8-7-9(11)10(8)5-3-2-4-6-10/h8-9H,2-7H2,1H3. The molecule has 2 atom stereocenters. The SMILES string of the molecule is CC1CC(I)C12CCCCC2. The maximum Gasteiger partial charge on any atom is 0.0171 e. The Bertz CT molecular complexity index is 137. The van der Waals surface area contributed by atoms with Crippen LogP contribution in [0.3, 0.4) is 0 Å². The van der Waals surface area contributed by atoms with E-state index in [-0.39, 0.29) is 0 Å². The van der Waals surface area contributed by atoms with Crippen molar-refractivity contribution in [2.45, 2.75) is 49.4 Å². The quantitative estimate of drug-likeness (QED) is 0.461. The van der Waals surface area contributed by atoms with Crippen LogP contribution in [0.5, 0.6) is 0 Å². The van der Waals surface area contributed by atoms with E-state index in [0.717, 1.165) is 15.3 Å². The zero-order valence-corrected chi connectivity index (χ0v) is 9.43. The van der Waals surface area contributed by atoms with Crippen molar-refractivity contribution in [3.05, 3.63) is 0 Å². The van der Waals surface area contributed by atoms with Crippen LogP contribution in [0.4, 0.5) is 0 Å². The molecule has 2 unspecified atom stereocenters. The third kappa shape index (κ3) is 1.14. The van der Waals surface area contributed by atoms with Gasteiger partial charge in [-0.1, -0.05) is 48.8 Å². The second-order valence-corrected chi connectivity index (χ2v) is 5.90. The summed E-state index contributed by atoms with van der Waals surface area (Å²) in [6.45, 7) is 2.46. The molecule has 2 saturated carbocycles. The smallest absolute Gasteiger partial charge is 0.0171 e. The number of rotatable bonds is 0. The average molecular weight is 264 g/mol. The molecular weight excluding hydrogens is 247 g/mol. The van der Waals surface area contributed by atoms with Crippen molar-refractivity contribution in [3.63, 3.8) is 0 Å². The lowest BCUT2D eigenvalue weighted by Gasteiger charge is -2.55. The fraction of sp³-hybridized carbons (Fsp3) is 1.00. The van der Waals surface area contributed by atoms with Crippen molar-refractivity contribution in [1.29, 1.82) is 0 Å². The predicted molar refractivity (Wildman–Crippen MR) is 57.1 cm³/mol. The van der Waals surface area contributed by atoms with Gasteiger partial charge >= 0.3 is 0 Å². The van der Waals surface area contributed by atoms with E-state index >= 15 is 0 Å². The first-order valence-corrected chi connectivity index (χ1v) is 6.14. The number of hydrogen-bond donors (Lipinski definition) is 0. The summed E-state index contributed by atoms with van der Waals surface area (Å²) in [5.41, 5.74) is 0.804. The Kier molecular flexibility index (Phi) is 2.19. The van der Waals surface area contributed by atoms with Gasteiger partial charge in [0.1, 0.15) is 0 Å². The van der Waals surface area contributed by atoms with Crippen molar-refractivity contribution in [3.8, 4) is 0 Å². The van der Waals surface area contributed by atoms with Crippen LogP contribution >= 0.6 is 22.6 Å². The molecule has 0 aromatic carbocycles. The van der Waals surface area contributed by atoms with Crippen molar-refractivity contribution in [1.82, 2.24) is 0 Å². The molecule has 2 aliphatic carbocycles. The molecule has 11 heavy (non-hydrogen) atoms. The van der Waals surface area contributed by atoms with E-state index in [1.807, 2.05) is 0 Å². The molecule has 64 valence electrons. The van der Waals surface area contributed by atoms with E-state index in [2.05, 4.69) is 29.5 Å². The van der Waals surface area contributed by atoms with Crippen LogP contribution in [0.15, 0.2) is 0 Å². The molecule has 0 aromatic heterocycles. The minimum absolute atomic E-state index is 0.804. The average Bonchev–Trinajstić information content (AvgIpc) is 2.07. The fourth-order valence-corrected chi connectivity index (χ4v) is 4.94. The Labute approximate surface area is 83.3 Å². The van der Waals surface area contributed by atoms with E-state index in [0.29, 0.717) is 0 Å². The topological polar surface area (TPSA) is 0 Å². The molecule has 2 aliphatic rings. The molecule has 0 N–H and O–H groups in total. The lowest BCUT2D eigenvalue weighted by molar-refractivity contribution is 0.0211. The van der Waals surface area contributed by atoms with E-state index in [1.54, 1.807) is 0 Å². The van der Waals surface area contributed by atoms with Crippen LogP contribution in [-0.4, -0.2) is 3.92 Å². The highest BCUT2D eigenvalue weighted by molar-refractivity contribution is 14.1. The summed E-state index contributed by atoms with van der Waals surface area (Å²) >= 11 is 2.68. The van der Waals surface area contributed by atoms with Gasteiger partial charge in [0.2, 0.25) is 0 Å². The van der Waals surface area contributed by atoms with Crippen LogP contribution in [-0.2, 0) is 0 Å². The molecule has 0 aromatic rings. The van der Waals surface area contributed by atoms with Gasteiger partial charge in [0.25, 0.3) is 0 Å². The first kappa shape index (κ1) is 8.33. The van der Waals surface area contributed by atoms with Gasteiger partial charge in [-0.05, 0) is 30.6 Å². The second-order valence-electron chi connectivity index (χ2n) is 4.40. The summed E-state index contributed by atoms with van der Waals surface area (Å²) in [6.07, 6.45) is 9.05. The normalized spacial score (nSPS) is 42.0. The summed E-state index contributed by atoms with van der Waals surface area (Å²) < 4.78 is 1.01. The van der Waals surface area contributed by atoms with Gasteiger partial charge < -0.3 is 0 Å². The zero-order chi connectivity index (χ0) is 7.90. The van der Waals surface area contributed by atoms with E-state index in [1.165, 1.54) is 38.5 Å². The van der Waals surface area contributed by atoms with Crippen molar-refractivity contribution < 1.29 is 0 Å². The third-order valence-corrected chi connectivity index (χ3v) is 5.70. The molecule has 0 aliphatic heterocycles. The molecule has 0 bridgehead atoms. The summed E-state index contributed by atoms with van der Waals surface area (Å²) in [7, 11) is 0. The van der Waals surface area contributed by atoms with Crippen LogP contribution in [0.25, 0.3) is 0 Å². The number of hydrogen-bond acceptors (Lipinski definition) is 0. The maximum absolute atomic E-state index is 2.68. The summed E-state index contributed by atoms with van der Waals surface area (Å²) in [5, 5.41) is 0. The summed E-state index contributed by atoms with van der Waals surface area (Å²) in [6, 6.07) is 0. The summed E-state index contributed by atoms with van der Waals surface area (Å²) in [5.74, 6) is 1.03. The molecule has 1 heteroatoms. The zero-order valence-electron chi connectivity index (χ0n) is 7.28. The lowest BCUT2D eigenvalue weighted by atomic mass is 9.54. The molecule has 0 radical (unpaired) electrons. The highest BCUT2D eigenvalue weighted by Crippen LogP contribution is 2.58. The molecule has 2 rings (SSSR count). The van der Waals surface area contributed by atoms with Gasteiger partial charge in [-0.25, -0.2) is 0 Å². The fourth-order valence-electron chi connectivity index (χ4n) is 2.94. The van der Waals surface area contributed by atoms with Gasteiger partial charge in [-0.15, -0.1) is 0 Å². The van der Waals surface area contributed by atoms with E-state index in [4.69, 9.17) is 0 Å². The summed E-state index contributed by atoms with van der Waals surface area (Å²) in [4.78, 5) is 0. The Morgan fingerprint density at radius 3 is 2.18 bits per heavy atom. The highest BCUT2D eigenvalue weighted by atomic mass is 127. The monoisotopic (exact) mass is 264 g/mol. The largest absolute Gasteiger partial charge is 0.0820 e. The van der Waals surface area contributed by atoms with Crippen molar-refractivity contribution in [2.24, 2.45) is 11.3 Å². The van der Waals surface area contributed by atoms with Crippen LogP contribution in [0.2, 0.25) is 0 Å². The number of halogens is 1. The molecule has 0 saturated heterocycles. The van der Waals surface area contributed by atoms with Crippen LogP contribution in [0.1, 0.15) is 45.4 Å². The van der Waals surface area contributed by atoms with Gasteiger partial charge in [-0.3, -0.25) is 0 Å². The first-order chi connectivity index (χ1) is 5.26. The highest BCUT2D eigenvalue weighted by Gasteiger charge is 2.50. The molecule has 1 spiro atoms. The van der Waals surface area contributed by atoms with Gasteiger partial charge in [0.15, 0.2) is 0 Å². The predicted octanol–water partition coefficient (Wildman–Crippen LogP) is 3.78. The van der Waals surface area contributed by atoms with Gasteiger partial charge in [0, 0.05) is 3.92 Å². The van der Waals surface area contributed by atoms with Crippen LogP contribution in [0, 0.1) is 11.3 Å². The van der Waals surface area contributed by atoms with Gasteiger partial charge in [0.05, 0.1) is 0 Å². The Morgan fingerprint density at radius 2 is 1.82 bits per heavy atom. The molecule has 0 heterocycles. The Hall–Kier alpha value is 0.730. The second kappa shape index (κ2) is 2.90. The molecule has 0 amide bonds. The molecule has 0 nitrogen and oxygen atoms in total. The Morgan fingerprint density at radius 1 is 1.18 bits per heavy atom. The van der Waals surface area contributed by atoms with Crippen LogP contribution < -0.4 is 0 Å². The maximum atomic E-state index is 2.68.